The van der Waals surface area contributed by atoms with E-state index in [0.29, 0.717) is 13.2 Å². The minimum Gasteiger partial charge on any atom is -0.404 e. The number of hydrogen-bond donors (Lipinski definition) is 0. The van der Waals surface area contributed by atoms with Crippen molar-refractivity contribution >= 4 is 0 Å². The Morgan fingerprint density at radius 1 is 1.35 bits per heavy atom. The number of aryl methyl sites for hydroxylation is 2. The van der Waals surface area contributed by atoms with Gasteiger partial charge in [-0.3, -0.25) is 0 Å². The van der Waals surface area contributed by atoms with Crippen molar-refractivity contribution < 1.29 is 18.8 Å². The van der Waals surface area contributed by atoms with Gasteiger partial charge >= 0.3 is 6.01 Å². The fourth-order valence-electron chi connectivity index (χ4n) is 1.49. The van der Waals surface area contributed by atoms with Crippen LogP contribution in [0.5, 0.6) is 6.01 Å². The predicted molar refractivity (Wildman–Crippen MR) is 63.8 cm³/mol. The van der Waals surface area contributed by atoms with Crippen LogP contribution < -0.4 is 9.30 Å². The summed E-state index contributed by atoms with van der Waals surface area (Å²) in [4.78, 5) is 0. The fraction of sp³-hybridized carbons (Fsp3) is 0.750. The van der Waals surface area contributed by atoms with Gasteiger partial charge in [-0.25, -0.2) is 0 Å². The number of rotatable bonds is 9. The van der Waals surface area contributed by atoms with Crippen molar-refractivity contribution in [1.29, 1.82) is 0 Å². The van der Waals surface area contributed by atoms with Crippen LogP contribution in [0, 0.1) is 0 Å². The first kappa shape index (κ1) is 14.0. The highest BCUT2D eigenvalue weighted by Gasteiger charge is 2.15. The van der Waals surface area contributed by atoms with Crippen LogP contribution >= 0.6 is 0 Å². The smallest absolute Gasteiger partial charge is 0.404 e. The molecule has 17 heavy (non-hydrogen) atoms. The fourth-order valence-corrected chi connectivity index (χ4v) is 1.49. The molecule has 1 heterocycles. The normalized spacial score (nSPS) is 10.8. The standard InChI is InChI=1S/C12H23N2O3/c1-4-5-6-14-8-7-13(2)12(14)17-11-16-10-9-15-3/h7-8H,4-6,9-11H2,1-3H3/q+1. The third-order valence-electron chi connectivity index (χ3n) is 2.47. The lowest BCUT2D eigenvalue weighted by atomic mass is 10.3. The second kappa shape index (κ2) is 8.08. The number of unbranched alkanes of at least 4 members (excludes halogenated alkanes) is 1. The van der Waals surface area contributed by atoms with Gasteiger partial charge in [0.25, 0.3) is 0 Å². The Morgan fingerprint density at radius 2 is 2.18 bits per heavy atom. The molecular weight excluding hydrogens is 220 g/mol. The first-order valence-corrected chi connectivity index (χ1v) is 6.03. The number of hydrogen-bond acceptors (Lipinski definition) is 3. The van der Waals surface area contributed by atoms with Gasteiger partial charge in [-0.2, -0.15) is 9.13 Å². The number of methoxy groups -OCH3 is 1. The maximum atomic E-state index is 5.60. The van der Waals surface area contributed by atoms with Crippen LogP contribution in [0.15, 0.2) is 12.4 Å². The summed E-state index contributed by atoms with van der Waals surface area (Å²) < 4.78 is 19.8. The number of ether oxygens (including phenoxy) is 3. The molecule has 5 heteroatoms. The second-order valence-electron chi connectivity index (χ2n) is 3.90. The first-order chi connectivity index (χ1) is 8.29. The van der Waals surface area contributed by atoms with Crippen LogP contribution in [0.25, 0.3) is 0 Å². The third kappa shape index (κ3) is 4.75. The molecule has 0 fully saturated rings. The van der Waals surface area contributed by atoms with Crippen molar-refractivity contribution in [3.05, 3.63) is 12.4 Å². The maximum Gasteiger partial charge on any atom is 0.458 e. The molecule has 0 aliphatic heterocycles. The molecule has 0 spiro atoms. The average Bonchev–Trinajstić information content (AvgIpc) is 2.68. The Bertz CT molecular complexity index is 313. The molecule has 0 bridgehead atoms. The molecule has 0 aromatic carbocycles. The van der Waals surface area contributed by atoms with Crippen molar-refractivity contribution in [2.45, 2.75) is 26.3 Å². The van der Waals surface area contributed by atoms with Gasteiger partial charge in [0, 0.05) is 7.11 Å². The van der Waals surface area contributed by atoms with Crippen LogP contribution in [0.4, 0.5) is 0 Å². The molecule has 0 aliphatic carbocycles. The van der Waals surface area contributed by atoms with E-state index in [-0.39, 0.29) is 6.79 Å². The van der Waals surface area contributed by atoms with Crippen molar-refractivity contribution in [3.63, 3.8) is 0 Å². The van der Waals surface area contributed by atoms with Crippen molar-refractivity contribution in [2.24, 2.45) is 7.05 Å². The summed E-state index contributed by atoms with van der Waals surface area (Å²) in [5.74, 6) is 0. The van der Waals surface area contributed by atoms with E-state index in [9.17, 15) is 0 Å². The molecule has 1 aromatic rings. The quantitative estimate of drug-likeness (QED) is 0.370. The molecule has 0 amide bonds. The lowest BCUT2D eigenvalue weighted by molar-refractivity contribution is -0.677. The molecule has 1 aromatic heterocycles. The van der Waals surface area contributed by atoms with E-state index in [0.717, 1.165) is 19.0 Å². The zero-order valence-corrected chi connectivity index (χ0v) is 11.0. The SMILES string of the molecule is CCCCn1cc[n+](C)c1OCOCCOC. The Labute approximate surface area is 103 Å². The van der Waals surface area contributed by atoms with E-state index in [1.54, 1.807) is 7.11 Å². The minimum atomic E-state index is 0.257. The molecule has 0 N–H and O–H groups in total. The zero-order valence-electron chi connectivity index (χ0n) is 11.0. The summed E-state index contributed by atoms with van der Waals surface area (Å²) in [6, 6.07) is 0.830. The lowest BCUT2D eigenvalue weighted by Crippen LogP contribution is -2.29. The monoisotopic (exact) mass is 243 g/mol. The van der Waals surface area contributed by atoms with E-state index >= 15 is 0 Å². The molecule has 0 saturated carbocycles. The lowest BCUT2D eigenvalue weighted by Gasteiger charge is -2.05. The Balaban J connectivity index is 2.37. The van der Waals surface area contributed by atoms with E-state index in [2.05, 4.69) is 11.5 Å². The summed E-state index contributed by atoms with van der Waals surface area (Å²) in [5.41, 5.74) is 0. The van der Waals surface area contributed by atoms with Gasteiger partial charge in [-0.1, -0.05) is 13.3 Å². The zero-order chi connectivity index (χ0) is 12.5. The van der Waals surface area contributed by atoms with E-state index in [4.69, 9.17) is 14.2 Å². The number of nitrogens with zero attached hydrogens (tertiary/aromatic N) is 2. The maximum absolute atomic E-state index is 5.60. The van der Waals surface area contributed by atoms with E-state index < -0.39 is 0 Å². The van der Waals surface area contributed by atoms with Crippen LogP contribution in [-0.2, 0) is 23.1 Å². The molecular formula is C12H23N2O3+. The second-order valence-corrected chi connectivity index (χ2v) is 3.90. The Kier molecular flexibility index (Phi) is 6.65. The summed E-state index contributed by atoms with van der Waals surface area (Å²) in [7, 11) is 3.62. The van der Waals surface area contributed by atoms with Gasteiger partial charge in [-0.15, -0.1) is 0 Å². The van der Waals surface area contributed by atoms with Gasteiger partial charge in [0.1, 0.15) is 12.4 Å². The number of imidazole rings is 1. The Morgan fingerprint density at radius 3 is 2.88 bits per heavy atom. The number of aromatic nitrogens is 2. The van der Waals surface area contributed by atoms with Crippen molar-refractivity contribution in [2.75, 3.05) is 27.1 Å². The molecule has 98 valence electrons. The van der Waals surface area contributed by atoms with Gasteiger partial charge in [0.05, 0.1) is 26.8 Å². The van der Waals surface area contributed by atoms with E-state index in [1.807, 2.05) is 24.0 Å². The highest BCUT2D eigenvalue weighted by molar-refractivity contribution is 4.88. The highest BCUT2D eigenvalue weighted by atomic mass is 16.7. The summed E-state index contributed by atoms with van der Waals surface area (Å²) >= 11 is 0. The van der Waals surface area contributed by atoms with Gasteiger partial charge in [-0.05, 0) is 6.42 Å². The van der Waals surface area contributed by atoms with Crippen molar-refractivity contribution in [1.82, 2.24) is 4.57 Å². The average molecular weight is 243 g/mol. The van der Waals surface area contributed by atoms with Crippen molar-refractivity contribution in [3.8, 4) is 6.01 Å². The summed E-state index contributed by atoms with van der Waals surface area (Å²) in [6.45, 7) is 4.55. The third-order valence-corrected chi connectivity index (χ3v) is 2.47. The van der Waals surface area contributed by atoms with Crippen LogP contribution in [0.3, 0.4) is 0 Å². The molecule has 0 saturated heterocycles. The van der Waals surface area contributed by atoms with Gasteiger partial charge in [0.2, 0.25) is 0 Å². The van der Waals surface area contributed by atoms with Gasteiger partial charge < -0.3 is 14.2 Å². The predicted octanol–water partition coefficient (Wildman–Crippen LogP) is 1.11. The highest BCUT2D eigenvalue weighted by Crippen LogP contribution is 2.06. The summed E-state index contributed by atoms with van der Waals surface area (Å²) in [6.07, 6.45) is 6.33. The van der Waals surface area contributed by atoms with Crippen LogP contribution in [0.2, 0.25) is 0 Å². The molecule has 0 atom stereocenters. The van der Waals surface area contributed by atoms with Gasteiger partial charge in [0.15, 0.2) is 6.79 Å². The summed E-state index contributed by atoms with van der Waals surface area (Å²) in [5, 5.41) is 0. The molecule has 0 unspecified atom stereocenters. The first-order valence-electron chi connectivity index (χ1n) is 6.03. The van der Waals surface area contributed by atoms with Crippen LogP contribution in [-0.4, -0.2) is 31.7 Å². The van der Waals surface area contributed by atoms with Crippen LogP contribution in [0.1, 0.15) is 19.8 Å². The topological polar surface area (TPSA) is 36.5 Å². The largest absolute Gasteiger partial charge is 0.458 e. The molecule has 0 radical (unpaired) electrons. The minimum absolute atomic E-state index is 0.257. The van der Waals surface area contributed by atoms with E-state index in [1.165, 1.54) is 6.42 Å². The molecule has 0 aliphatic rings. The molecule has 5 nitrogen and oxygen atoms in total. The molecule has 1 rings (SSSR count). The Hall–Kier alpha value is -1.07.